The number of non-ortho nitro benzene ring substituents is 1. The van der Waals surface area contributed by atoms with E-state index < -0.39 is 4.92 Å². The summed E-state index contributed by atoms with van der Waals surface area (Å²) >= 11 is 1.58. The first kappa shape index (κ1) is 23.5. The number of aromatic nitrogens is 3. The summed E-state index contributed by atoms with van der Waals surface area (Å²) in [5.41, 5.74) is 1.70. The Morgan fingerprint density at radius 3 is 2.50 bits per heavy atom. The lowest BCUT2D eigenvalue weighted by Gasteiger charge is -2.11. The molecule has 1 amide bonds. The molecule has 168 valence electrons. The van der Waals surface area contributed by atoms with Crippen LogP contribution in [0.2, 0.25) is 0 Å². The molecule has 0 spiro atoms. The molecule has 0 aliphatic rings. The van der Waals surface area contributed by atoms with Gasteiger partial charge in [-0.1, -0.05) is 36.9 Å². The van der Waals surface area contributed by atoms with Gasteiger partial charge in [0.25, 0.3) is 5.69 Å². The standard InChI is InChI=1S/C23H27N5O3S/c1-3-17(2)24-21(29)11-7-8-16-32-23-26-25-22(27(23)19-9-5-4-6-10-19)18-12-14-20(15-13-18)28(30)31/h4-6,9-10,12-15,17H,3,7-8,11,16H2,1-2H3,(H,24,29). The lowest BCUT2D eigenvalue weighted by atomic mass is 10.2. The minimum atomic E-state index is -0.420. The van der Waals surface area contributed by atoms with E-state index in [0.29, 0.717) is 12.2 Å². The van der Waals surface area contributed by atoms with Gasteiger partial charge in [-0.05, 0) is 50.5 Å². The second-order valence-electron chi connectivity index (χ2n) is 7.46. The monoisotopic (exact) mass is 453 g/mol. The Balaban J connectivity index is 1.70. The van der Waals surface area contributed by atoms with E-state index in [0.717, 1.165) is 41.4 Å². The summed E-state index contributed by atoms with van der Waals surface area (Å²) in [5.74, 6) is 1.53. The first-order valence-corrected chi connectivity index (χ1v) is 11.7. The third kappa shape index (κ3) is 6.16. The molecule has 1 N–H and O–H groups in total. The van der Waals surface area contributed by atoms with Gasteiger partial charge in [0.05, 0.1) is 4.92 Å². The molecule has 1 atom stereocenters. The van der Waals surface area contributed by atoms with Gasteiger partial charge in [0.2, 0.25) is 5.91 Å². The van der Waals surface area contributed by atoms with Gasteiger partial charge in [-0.2, -0.15) is 0 Å². The van der Waals surface area contributed by atoms with Gasteiger partial charge < -0.3 is 5.32 Å². The van der Waals surface area contributed by atoms with Crippen LogP contribution in [0.5, 0.6) is 0 Å². The van der Waals surface area contributed by atoms with Gasteiger partial charge in [-0.3, -0.25) is 19.5 Å². The second-order valence-corrected chi connectivity index (χ2v) is 8.53. The zero-order valence-corrected chi connectivity index (χ0v) is 19.0. The first-order chi connectivity index (χ1) is 15.5. The van der Waals surface area contributed by atoms with Crippen LogP contribution in [0.1, 0.15) is 39.5 Å². The number of nitrogens with zero attached hydrogens (tertiary/aromatic N) is 4. The fourth-order valence-electron chi connectivity index (χ4n) is 3.09. The smallest absolute Gasteiger partial charge is 0.269 e. The van der Waals surface area contributed by atoms with Crippen LogP contribution in [0.3, 0.4) is 0 Å². The van der Waals surface area contributed by atoms with Gasteiger partial charge in [-0.15, -0.1) is 10.2 Å². The molecule has 3 aromatic rings. The van der Waals surface area contributed by atoms with Crippen molar-refractivity contribution in [2.24, 2.45) is 0 Å². The predicted octanol–water partition coefficient (Wildman–Crippen LogP) is 5.02. The van der Waals surface area contributed by atoms with Crippen LogP contribution in [-0.4, -0.2) is 37.4 Å². The molecule has 9 heteroatoms. The molecule has 0 radical (unpaired) electrons. The van der Waals surface area contributed by atoms with Crippen LogP contribution in [0.4, 0.5) is 5.69 Å². The second kappa shape index (κ2) is 11.4. The van der Waals surface area contributed by atoms with Gasteiger partial charge in [0, 0.05) is 41.6 Å². The van der Waals surface area contributed by atoms with Crippen molar-refractivity contribution in [1.82, 2.24) is 20.1 Å². The van der Waals surface area contributed by atoms with E-state index in [4.69, 9.17) is 0 Å². The fourth-order valence-corrected chi connectivity index (χ4v) is 4.04. The Morgan fingerprint density at radius 2 is 1.84 bits per heavy atom. The molecule has 32 heavy (non-hydrogen) atoms. The van der Waals surface area contributed by atoms with Crippen molar-refractivity contribution in [2.45, 2.75) is 50.7 Å². The van der Waals surface area contributed by atoms with Crippen LogP contribution in [-0.2, 0) is 4.79 Å². The average molecular weight is 454 g/mol. The number of thioether (sulfide) groups is 1. The molecule has 0 saturated heterocycles. The quantitative estimate of drug-likeness (QED) is 0.189. The normalized spacial score (nSPS) is 11.8. The largest absolute Gasteiger partial charge is 0.354 e. The molecule has 0 fully saturated rings. The maximum Gasteiger partial charge on any atom is 0.269 e. The summed E-state index contributed by atoms with van der Waals surface area (Å²) in [6.45, 7) is 4.06. The van der Waals surface area contributed by atoms with Crippen molar-refractivity contribution in [2.75, 3.05) is 5.75 Å². The lowest BCUT2D eigenvalue weighted by Crippen LogP contribution is -2.31. The van der Waals surface area contributed by atoms with Gasteiger partial charge >= 0.3 is 0 Å². The molecule has 1 unspecified atom stereocenters. The minimum Gasteiger partial charge on any atom is -0.354 e. The van der Waals surface area contributed by atoms with Crippen LogP contribution < -0.4 is 5.32 Å². The molecule has 8 nitrogen and oxygen atoms in total. The van der Waals surface area contributed by atoms with Crippen molar-refractivity contribution < 1.29 is 9.72 Å². The summed E-state index contributed by atoms with van der Waals surface area (Å²) in [4.78, 5) is 22.5. The molecule has 3 rings (SSSR count). The Kier molecular flexibility index (Phi) is 8.38. The molecule has 1 aromatic heterocycles. The molecular weight excluding hydrogens is 426 g/mol. The highest BCUT2D eigenvalue weighted by atomic mass is 32.2. The highest BCUT2D eigenvalue weighted by Crippen LogP contribution is 2.29. The number of amides is 1. The van der Waals surface area contributed by atoms with E-state index in [-0.39, 0.29) is 17.6 Å². The molecule has 1 heterocycles. The molecule has 0 aliphatic heterocycles. The number of carbonyl (C=O) groups excluding carboxylic acids is 1. The molecule has 2 aromatic carbocycles. The van der Waals surface area contributed by atoms with Gasteiger partial charge in [0.15, 0.2) is 11.0 Å². The number of unbranched alkanes of at least 4 members (excludes halogenated alkanes) is 1. The Morgan fingerprint density at radius 1 is 1.12 bits per heavy atom. The summed E-state index contributed by atoms with van der Waals surface area (Å²) in [7, 11) is 0. The number of nitro benzene ring substituents is 1. The number of benzene rings is 2. The number of hydrogen-bond donors (Lipinski definition) is 1. The van der Waals surface area contributed by atoms with E-state index in [1.807, 2.05) is 41.8 Å². The van der Waals surface area contributed by atoms with Crippen LogP contribution in [0.15, 0.2) is 59.8 Å². The van der Waals surface area contributed by atoms with Crippen molar-refractivity contribution in [3.8, 4) is 17.1 Å². The molecule has 0 saturated carbocycles. The summed E-state index contributed by atoms with van der Waals surface area (Å²) in [5, 5.41) is 23.4. The average Bonchev–Trinajstić information content (AvgIpc) is 3.23. The molecule has 0 bridgehead atoms. The SMILES string of the molecule is CCC(C)NC(=O)CCCCSc1nnc(-c2ccc([N+](=O)[O-])cc2)n1-c1ccccc1. The summed E-state index contributed by atoms with van der Waals surface area (Å²) < 4.78 is 1.96. The van der Waals surface area contributed by atoms with Crippen LogP contribution >= 0.6 is 11.8 Å². The topological polar surface area (TPSA) is 103 Å². The van der Waals surface area contributed by atoms with E-state index in [1.54, 1.807) is 23.9 Å². The number of nitro groups is 1. The van der Waals surface area contributed by atoms with E-state index in [1.165, 1.54) is 12.1 Å². The van der Waals surface area contributed by atoms with E-state index in [2.05, 4.69) is 22.4 Å². The van der Waals surface area contributed by atoms with Gasteiger partial charge in [0.1, 0.15) is 0 Å². The van der Waals surface area contributed by atoms with Crippen LogP contribution in [0, 0.1) is 10.1 Å². The Hall–Kier alpha value is -3.20. The highest BCUT2D eigenvalue weighted by molar-refractivity contribution is 7.99. The third-order valence-electron chi connectivity index (χ3n) is 5.03. The number of rotatable bonds is 11. The molecule has 0 aliphatic carbocycles. The first-order valence-electron chi connectivity index (χ1n) is 10.7. The number of hydrogen-bond acceptors (Lipinski definition) is 6. The number of para-hydroxylation sites is 1. The van der Waals surface area contributed by atoms with E-state index >= 15 is 0 Å². The third-order valence-corrected chi connectivity index (χ3v) is 6.05. The minimum absolute atomic E-state index is 0.0338. The summed E-state index contributed by atoms with van der Waals surface area (Å²) in [6.07, 6.45) is 3.13. The van der Waals surface area contributed by atoms with Crippen molar-refractivity contribution in [3.63, 3.8) is 0 Å². The zero-order chi connectivity index (χ0) is 22.9. The van der Waals surface area contributed by atoms with E-state index in [9.17, 15) is 14.9 Å². The van der Waals surface area contributed by atoms with Crippen LogP contribution in [0.25, 0.3) is 17.1 Å². The lowest BCUT2D eigenvalue weighted by molar-refractivity contribution is -0.384. The maximum absolute atomic E-state index is 11.9. The van der Waals surface area contributed by atoms with Crippen molar-refractivity contribution >= 4 is 23.4 Å². The Bertz CT molecular complexity index is 1040. The predicted molar refractivity (Wildman–Crippen MR) is 126 cm³/mol. The van der Waals surface area contributed by atoms with Gasteiger partial charge in [-0.25, -0.2) is 0 Å². The fraction of sp³-hybridized carbons (Fsp3) is 0.348. The maximum atomic E-state index is 11.9. The zero-order valence-electron chi connectivity index (χ0n) is 18.2. The number of nitrogens with one attached hydrogen (secondary N) is 1. The molecular formula is C23H27N5O3S. The van der Waals surface area contributed by atoms with Crippen molar-refractivity contribution in [3.05, 3.63) is 64.7 Å². The Labute approximate surface area is 191 Å². The number of carbonyl (C=O) groups is 1. The highest BCUT2D eigenvalue weighted by Gasteiger charge is 2.17. The van der Waals surface area contributed by atoms with Crippen molar-refractivity contribution in [1.29, 1.82) is 0 Å². The summed E-state index contributed by atoms with van der Waals surface area (Å²) in [6, 6.07) is 16.3.